The van der Waals surface area contributed by atoms with Crippen molar-refractivity contribution in [3.8, 4) is 11.5 Å². The van der Waals surface area contributed by atoms with Gasteiger partial charge in [0.05, 0.1) is 18.1 Å². The highest BCUT2D eigenvalue weighted by Gasteiger charge is 2.46. The largest absolute Gasteiger partial charge is 0.481 e. The summed E-state index contributed by atoms with van der Waals surface area (Å²) in [4.78, 5) is 24.9. The van der Waals surface area contributed by atoms with Crippen LogP contribution in [0.3, 0.4) is 0 Å². The minimum absolute atomic E-state index is 0.0724. The first kappa shape index (κ1) is 26.2. The predicted molar refractivity (Wildman–Crippen MR) is 138 cm³/mol. The maximum Gasteiger partial charge on any atom is 0.310 e. The first-order valence-electron chi connectivity index (χ1n) is 11.5. The molecule has 7 heteroatoms. The lowest BCUT2D eigenvalue weighted by atomic mass is 9.72. The van der Waals surface area contributed by atoms with Gasteiger partial charge in [-0.1, -0.05) is 75.4 Å². The number of carbonyl (C=O) groups is 2. The second-order valence-electron chi connectivity index (χ2n) is 9.90. The van der Waals surface area contributed by atoms with Gasteiger partial charge in [0.15, 0.2) is 0 Å². The highest BCUT2D eigenvalue weighted by atomic mass is 28.1. The van der Waals surface area contributed by atoms with Crippen LogP contribution in [0.1, 0.15) is 55.4 Å². The van der Waals surface area contributed by atoms with Crippen LogP contribution in [-0.4, -0.2) is 37.5 Å². The van der Waals surface area contributed by atoms with Crippen LogP contribution in [0.25, 0.3) is 0 Å². The van der Waals surface area contributed by atoms with Crippen LogP contribution < -0.4 is 4.74 Å². The minimum Gasteiger partial charge on any atom is -0.481 e. The quantitative estimate of drug-likeness (QED) is 0.387. The van der Waals surface area contributed by atoms with Crippen LogP contribution in [0.2, 0.25) is 0 Å². The summed E-state index contributed by atoms with van der Waals surface area (Å²) in [6.07, 6.45) is -0.331. The van der Waals surface area contributed by atoms with E-state index in [1.165, 1.54) is 0 Å². The number of hydrogen-bond acceptors (Lipinski definition) is 4. The molecule has 2 atom stereocenters. The zero-order valence-corrected chi connectivity index (χ0v) is 22.5. The number of hydrogen-bond donors (Lipinski definition) is 3. The highest BCUT2D eigenvalue weighted by Crippen LogP contribution is 2.46. The molecule has 0 spiro atoms. The van der Waals surface area contributed by atoms with E-state index in [0.29, 0.717) is 22.6 Å². The maximum atomic E-state index is 12.8. The monoisotopic (exact) mass is 492 g/mol. The van der Waals surface area contributed by atoms with E-state index in [2.05, 4.69) is 0 Å². The summed E-state index contributed by atoms with van der Waals surface area (Å²) in [7, 11) is 0.196. The molecule has 0 amide bonds. The summed E-state index contributed by atoms with van der Waals surface area (Å²) < 4.78 is 6.25. The molecule has 0 bridgehead atoms. The van der Waals surface area contributed by atoms with Gasteiger partial charge in [0.1, 0.15) is 11.5 Å². The standard InChI is InChI=1S/C28H32O6Si/c1-27(2,3)25-21(10-7-11-23(25)34-20-14-12-18(17-29)13-15-20)22(16-24(30)31)28(35,26(32)33)19-8-5-4-6-9-19/h4-15,22,29H,16-17H2,1-3,35H3,(H,30,31)(H,32,33). The molecule has 0 aliphatic rings. The second-order valence-corrected chi connectivity index (χ2v) is 11.5. The molecule has 0 saturated heterocycles. The first-order chi connectivity index (χ1) is 16.5. The van der Waals surface area contributed by atoms with Crippen molar-refractivity contribution in [2.75, 3.05) is 0 Å². The fourth-order valence-electron chi connectivity index (χ4n) is 4.57. The summed E-state index contributed by atoms with van der Waals surface area (Å²) >= 11 is 0. The highest BCUT2D eigenvalue weighted by molar-refractivity contribution is 6.28. The average Bonchev–Trinajstić information content (AvgIpc) is 2.82. The van der Waals surface area contributed by atoms with Crippen molar-refractivity contribution in [1.82, 2.24) is 0 Å². The van der Waals surface area contributed by atoms with Crippen molar-refractivity contribution in [1.29, 1.82) is 0 Å². The maximum absolute atomic E-state index is 12.8. The van der Waals surface area contributed by atoms with Gasteiger partial charge in [0, 0.05) is 21.7 Å². The van der Waals surface area contributed by atoms with E-state index in [1.54, 1.807) is 54.6 Å². The van der Waals surface area contributed by atoms with Gasteiger partial charge in [0.2, 0.25) is 0 Å². The molecule has 2 unspecified atom stereocenters. The molecule has 184 valence electrons. The Morgan fingerprint density at radius 3 is 2.06 bits per heavy atom. The Hall–Kier alpha value is -3.42. The fourth-order valence-corrected chi connectivity index (χ4v) is 5.42. The van der Waals surface area contributed by atoms with Crippen LogP contribution in [0.15, 0.2) is 72.8 Å². The molecule has 3 aromatic rings. The number of ether oxygens (including phenoxy) is 1. The SMILES string of the molecule is CC(C)(C)c1c(Oc2ccc(CO)cc2)cccc1C(CC(=O)O)C([SiH3])(C(=O)O)c1ccccc1. The number of carboxylic acid groups (broad SMARTS) is 2. The van der Waals surface area contributed by atoms with Crippen molar-refractivity contribution >= 4 is 22.2 Å². The Labute approximate surface area is 208 Å². The van der Waals surface area contributed by atoms with E-state index >= 15 is 0 Å². The van der Waals surface area contributed by atoms with Crippen molar-refractivity contribution < 1.29 is 29.6 Å². The Morgan fingerprint density at radius 2 is 1.54 bits per heavy atom. The molecule has 0 radical (unpaired) electrons. The second kappa shape index (κ2) is 10.5. The number of aliphatic hydroxyl groups excluding tert-OH is 1. The fraction of sp³-hybridized carbons (Fsp3) is 0.286. The van der Waals surface area contributed by atoms with Gasteiger partial charge >= 0.3 is 11.9 Å². The Balaban J connectivity index is 2.24. The van der Waals surface area contributed by atoms with Gasteiger partial charge in [0.25, 0.3) is 0 Å². The molecule has 3 N–H and O–H groups in total. The number of rotatable bonds is 9. The van der Waals surface area contributed by atoms with Crippen molar-refractivity contribution in [3.05, 3.63) is 95.1 Å². The molecule has 0 heterocycles. The zero-order valence-electron chi connectivity index (χ0n) is 20.5. The third-order valence-corrected chi connectivity index (χ3v) is 8.11. The minimum atomic E-state index is -1.36. The Kier molecular flexibility index (Phi) is 7.82. The molecule has 0 aliphatic carbocycles. The Morgan fingerprint density at radius 1 is 0.914 bits per heavy atom. The van der Waals surface area contributed by atoms with Gasteiger partial charge < -0.3 is 20.1 Å². The lowest BCUT2D eigenvalue weighted by Crippen LogP contribution is -2.44. The Bertz CT molecular complexity index is 1180. The van der Waals surface area contributed by atoms with Crippen LogP contribution in [0, 0.1) is 0 Å². The van der Waals surface area contributed by atoms with Crippen LogP contribution in [0.5, 0.6) is 11.5 Å². The molecule has 0 aliphatic heterocycles. The number of benzene rings is 3. The number of aliphatic carboxylic acids is 2. The summed E-state index contributed by atoms with van der Waals surface area (Å²) in [6.45, 7) is 5.94. The van der Waals surface area contributed by atoms with Gasteiger partial charge in [-0.25, -0.2) is 0 Å². The van der Waals surface area contributed by atoms with E-state index in [1.807, 2.05) is 39.0 Å². The zero-order chi connectivity index (χ0) is 25.8. The van der Waals surface area contributed by atoms with Crippen LogP contribution in [0.4, 0.5) is 0 Å². The molecule has 0 fully saturated rings. The van der Waals surface area contributed by atoms with Crippen molar-refractivity contribution in [2.45, 2.75) is 50.2 Å². The van der Waals surface area contributed by atoms with E-state index in [-0.39, 0.29) is 23.3 Å². The molecule has 3 rings (SSSR count). The lowest BCUT2D eigenvalue weighted by molar-refractivity contribution is -0.142. The summed E-state index contributed by atoms with van der Waals surface area (Å²) in [6, 6.07) is 21.4. The third-order valence-electron chi connectivity index (χ3n) is 6.41. The van der Waals surface area contributed by atoms with E-state index in [4.69, 9.17) is 4.74 Å². The molecule has 0 aromatic heterocycles. The third kappa shape index (κ3) is 5.63. The molecular formula is C28H32O6Si. The molecule has 0 saturated carbocycles. The molecule has 35 heavy (non-hydrogen) atoms. The number of carboxylic acids is 2. The topological polar surface area (TPSA) is 104 Å². The van der Waals surface area contributed by atoms with Crippen molar-refractivity contribution in [3.63, 3.8) is 0 Å². The number of aliphatic hydroxyl groups is 1. The van der Waals surface area contributed by atoms with Gasteiger partial charge in [-0.15, -0.1) is 0 Å². The van der Waals surface area contributed by atoms with E-state index in [9.17, 15) is 24.9 Å². The predicted octanol–water partition coefficient (Wildman–Crippen LogP) is 4.17. The summed E-state index contributed by atoms with van der Waals surface area (Å²) in [5.41, 5.74) is 2.32. The van der Waals surface area contributed by atoms with Crippen molar-refractivity contribution in [2.24, 2.45) is 0 Å². The summed E-state index contributed by atoms with van der Waals surface area (Å²) in [5, 5.41) is 28.3. The molecular weight excluding hydrogens is 460 g/mol. The van der Waals surface area contributed by atoms with Crippen LogP contribution >= 0.6 is 0 Å². The average molecular weight is 493 g/mol. The smallest absolute Gasteiger partial charge is 0.310 e. The van der Waals surface area contributed by atoms with E-state index in [0.717, 1.165) is 11.1 Å². The first-order valence-corrected chi connectivity index (χ1v) is 12.5. The molecule has 3 aromatic carbocycles. The van der Waals surface area contributed by atoms with Crippen LogP contribution in [-0.2, 0) is 26.6 Å². The summed E-state index contributed by atoms with van der Waals surface area (Å²) in [5.74, 6) is -1.78. The van der Waals surface area contributed by atoms with Gasteiger partial charge in [-0.3, -0.25) is 9.59 Å². The molecule has 6 nitrogen and oxygen atoms in total. The van der Waals surface area contributed by atoms with Gasteiger partial charge in [-0.05, 0) is 40.3 Å². The normalized spacial score (nSPS) is 14.2. The van der Waals surface area contributed by atoms with E-state index < -0.39 is 28.3 Å². The lowest BCUT2D eigenvalue weighted by Gasteiger charge is -2.38. The van der Waals surface area contributed by atoms with Gasteiger partial charge in [-0.2, -0.15) is 0 Å².